The third kappa shape index (κ3) is 2.53. The SMILES string of the molecule is N#CC1(C(=O)NCCC2CC2)CCOCC1. The Kier molecular flexibility index (Phi) is 3.45. The predicted molar refractivity (Wildman–Crippen MR) is 58.4 cm³/mol. The highest BCUT2D eigenvalue weighted by Gasteiger charge is 2.40. The quantitative estimate of drug-likeness (QED) is 0.778. The number of rotatable bonds is 4. The largest absolute Gasteiger partial charge is 0.381 e. The number of nitrogens with one attached hydrogen (secondary N) is 1. The molecule has 0 atom stereocenters. The molecule has 16 heavy (non-hydrogen) atoms. The van der Waals surface area contributed by atoms with Crippen molar-refractivity contribution in [1.29, 1.82) is 5.26 Å². The maximum absolute atomic E-state index is 12.0. The van der Waals surface area contributed by atoms with Gasteiger partial charge in [-0.15, -0.1) is 0 Å². The van der Waals surface area contributed by atoms with Gasteiger partial charge in [-0.25, -0.2) is 0 Å². The molecule has 4 nitrogen and oxygen atoms in total. The van der Waals surface area contributed by atoms with Crippen LogP contribution in [0.15, 0.2) is 0 Å². The van der Waals surface area contributed by atoms with E-state index in [2.05, 4.69) is 11.4 Å². The lowest BCUT2D eigenvalue weighted by Gasteiger charge is -2.29. The highest BCUT2D eigenvalue weighted by molar-refractivity contribution is 5.85. The van der Waals surface area contributed by atoms with Gasteiger partial charge in [0.1, 0.15) is 5.41 Å². The maximum Gasteiger partial charge on any atom is 0.240 e. The molecule has 0 aromatic carbocycles. The first-order valence-electron chi connectivity index (χ1n) is 6.04. The number of hydrogen-bond acceptors (Lipinski definition) is 3. The fourth-order valence-corrected chi connectivity index (χ4v) is 2.08. The Balaban J connectivity index is 1.82. The van der Waals surface area contributed by atoms with Crippen molar-refractivity contribution >= 4 is 5.91 Å². The van der Waals surface area contributed by atoms with E-state index in [1.807, 2.05) is 0 Å². The lowest BCUT2D eigenvalue weighted by Crippen LogP contribution is -2.44. The molecule has 88 valence electrons. The van der Waals surface area contributed by atoms with Gasteiger partial charge in [-0.2, -0.15) is 5.26 Å². The minimum atomic E-state index is -0.832. The molecule has 2 aliphatic rings. The van der Waals surface area contributed by atoms with E-state index < -0.39 is 5.41 Å². The summed E-state index contributed by atoms with van der Waals surface area (Å²) in [4.78, 5) is 12.0. The van der Waals surface area contributed by atoms with E-state index in [-0.39, 0.29) is 5.91 Å². The van der Waals surface area contributed by atoms with Crippen molar-refractivity contribution in [2.24, 2.45) is 11.3 Å². The van der Waals surface area contributed by atoms with Gasteiger partial charge in [-0.1, -0.05) is 12.8 Å². The molecule has 0 bridgehead atoms. The standard InChI is InChI=1S/C12H18N2O2/c13-9-12(4-7-16-8-5-12)11(15)14-6-3-10-1-2-10/h10H,1-8H2,(H,14,15). The number of ether oxygens (including phenoxy) is 1. The molecular weight excluding hydrogens is 204 g/mol. The van der Waals surface area contributed by atoms with Gasteiger partial charge in [-0.05, 0) is 25.2 Å². The van der Waals surface area contributed by atoms with Crippen LogP contribution in [0.25, 0.3) is 0 Å². The Bertz CT molecular complexity index is 299. The molecule has 2 fully saturated rings. The monoisotopic (exact) mass is 222 g/mol. The summed E-state index contributed by atoms with van der Waals surface area (Å²) in [7, 11) is 0. The topological polar surface area (TPSA) is 62.1 Å². The Hall–Kier alpha value is -1.08. The van der Waals surface area contributed by atoms with Crippen molar-refractivity contribution in [3.63, 3.8) is 0 Å². The van der Waals surface area contributed by atoms with Crippen LogP contribution >= 0.6 is 0 Å². The molecule has 1 amide bonds. The highest BCUT2D eigenvalue weighted by Crippen LogP contribution is 2.32. The molecule has 0 radical (unpaired) electrons. The number of amides is 1. The van der Waals surface area contributed by atoms with Crippen LogP contribution in [0.1, 0.15) is 32.1 Å². The summed E-state index contributed by atoms with van der Waals surface area (Å²) in [6, 6.07) is 2.18. The van der Waals surface area contributed by atoms with Gasteiger partial charge >= 0.3 is 0 Å². The lowest BCUT2D eigenvalue weighted by atomic mass is 9.81. The predicted octanol–water partition coefficient (Wildman–Crippen LogP) is 1.22. The van der Waals surface area contributed by atoms with E-state index >= 15 is 0 Å². The summed E-state index contributed by atoms with van der Waals surface area (Å²) >= 11 is 0. The minimum Gasteiger partial charge on any atom is -0.381 e. The first-order valence-corrected chi connectivity index (χ1v) is 6.04. The molecule has 0 aromatic heterocycles. The highest BCUT2D eigenvalue weighted by atomic mass is 16.5. The summed E-state index contributed by atoms with van der Waals surface area (Å²) in [5.74, 6) is 0.715. The van der Waals surface area contributed by atoms with Gasteiger partial charge in [0.25, 0.3) is 0 Å². The van der Waals surface area contributed by atoms with E-state index in [9.17, 15) is 4.79 Å². The van der Waals surface area contributed by atoms with Gasteiger partial charge in [0.2, 0.25) is 5.91 Å². The summed E-state index contributed by atoms with van der Waals surface area (Å²) in [5, 5.41) is 12.1. The van der Waals surface area contributed by atoms with Gasteiger partial charge in [0, 0.05) is 19.8 Å². The Morgan fingerprint density at radius 1 is 1.44 bits per heavy atom. The normalized spacial score (nSPS) is 23.4. The lowest BCUT2D eigenvalue weighted by molar-refractivity contribution is -0.132. The van der Waals surface area contributed by atoms with Crippen molar-refractivity contribution in [3.8, 4) is 6.07 Å². The second-order valence-corrected chi connectivity index (χ2v) is 4.79. The van der Waals surface area contributed by atoms with Crippen LogP contribution in [-0.4, -0.2) is 25.7 Å². The minimum absolute atomic E-state index is 0.0982. The smallest absolute Gasteiger partial charge is 0.240 e. The molecule has 2 rings (SSSR count). The van der Waals surface area contributed by atoms with Crippen LogP contribution in [0.5, 0.6) is 0 Å². The molecule has 1 aliphatic heterocycles. The Morgan fingerprint density at radius 2 is 2.12 bits per heavy atom. The van der Waals surface area contributed by atoms with Crippen LogP contribution < -0.4 is 5.32 Å². The van der Waals surface area contributed by atoms with Crippen molar-refractivity contribution in [2.45, 2.75) is 32.1 Å². The molecule has 1 saturated heterocycles. The summed E-state index contributed by atoms with van der Waals surface area (Å²) in [6.45, 7) is 1.75. The van der Waals surface area contributed by atoms with Crippen molar-refractivity contribution < 1.29 is 9.53 Å². The van der Waals surface area contributed by atoms with E-state index in [1.54, 1.807) is 0 Å². The van der Waals surface area contributed by atoms with Gasteiger partial charge in [0.15, 0.2) is 0 Å². The molecule has 1 aliphatic carbocycles. The summed E-state index contributed by atoms with van der Waals surface area (Å²) in [6.07, 6.45) is 4.71. The molecule has 1 heterocycles. The third-order valence-corrected chi connectivity index (χ3v) is 3.53. The number of nitriles is 1. The zero-order valence-corrected chi connectivity index (χ0v) is 9.50. The second-order valence-electron chi connectivity index (χ2n) is 4.79. The number of carbonyl (C=O) groups is 1. The first kappa shape index (κ1) is 11.4. The molecule has 4 heteroatoms. The van der Waals surface area contributed by atoms with Crippen LogP contribution in [-0.2, 0) is 9.53 Å². The van der Waals surface area contributed by atoms with Crippen LogP contribution in [0.2, 0.25) is 0 Å². The zero-order chi connectivity index (χ0) is 11.4. The maximum atomic E-state index is 12.0. The van der Waals surface area contributed by atoms with Crippen LogP contribution in [0.4, 0.5) is 0 Å². The molecule has 0 aromatic rings. The third-order valence-electron chi connectivity index (χ3n) is 3.53. The summed E-state index contributed by atoms with van der Waals surface area (Å²) < 4.78 is 5.20. The molecule has 0 unspecified atom stereocenters. The van der Waals surface area contributed by atoms with E-state index in [1.165, 1.54) is 12.8 Å². The average molecular weight is 222 g/mol. The fraction of sp³-hybridized carbons (Fsp3) is 0.833. The Morgan fingerprint density at radius 3 is 2.69 bits per heavy atom. The van der Waals surface area contributed by atoms with Crippen molar-refractivity contribution in [3.05, 3.63) is 0 Å². The molecule has 0 spiro atoms. The fourth-order valence-electron chi connectivity index (χ4n) is 2.08. The molecule has 1 saturated carbocycles. The first-order chi connectivity index (χ1) is 7.77. The molecule has 1 N–H and O–H groups in total. The summed E-state index contributed by atoms with van der Waals surface area (Å²) in [5.41, 5.74) is -0.832. The van der Waals surface area contributed by atoms with Crippen LogP contribution in [0, 0.1) is 22.7 Å². The van der Waals surface area contributed by atoms with Crippen LogP contribution in [0.3, 0.4) is 0 Å². The second kappa shape index (κ2) is 4.84. The van der Waals surface area contributed by atoms with E-state index in [0.29, 0.717) is 32.6 Å². The Labute approximate surface area is 96.0 Å². The van der Waals surface area contributed by atoms with Gasteiger partial charge in [0.05, 0.1) is 6.07 Å². The van der Waals surface area contributed by atoms with Crippen molar-refractivity contribution in [2.75, 3.05) is 19.8 Å². The van der Waals surface area contributed by atoms with E-state index in [4.69, 9.17) is 10.00 Å². The number of nitrogens with zero attached hydrogens (tertiary/aromatic N) is 1. The molecular formula is C12H18N2O2. The average Bonchev–Trinajstić information content (AvgIpc) is 3.14. The zero-order valence-electron chi connectivity index (χ0n) is 9.50. The number of carbonyl (C=O) groups excluding carboxylic acids is 1. The van der Waals surface area contributed by atoms with Gasteiger partial charge in [-0.3, -0.25) is 4.79 Å². The van der Waals surface area contributed by atoms with Gasteiger partial charge < -0.3 is 10.1 Å². The number of hydrogen-bond donors (Lipinski definition) is 1. The van der Waals surface area contributed by atoms with Crippen molar-refractivity contribution in [1.82, 2.24) is 5.32 Å². The van der Waals surface area contributed by atoms with E-state index in [0.717, 1.165) is 12.3 Å².